The lowest BCUT2D eigenvalue weighted by Crippen LogP contribution is -2.27. The number of anilines is 1. The maximum absolute atomic E-state index is 12.8. The van der Waals surface area contributed by atoms with E-state index in [0.29, 0.717) is 28.5 Å². The van der Waals surface area contributed by atoms with Gasteiger partial charge in [-0.3, -0.25) is 28.8 Å². The molecule has 2 amide bonds. The number of fused-ring (bicyclic) bond motifs is 1. The van der Waals surface area contributed by atoms with Crippen LogP contribution in [0.1, 0.15) is 5.56 Å². The molecule has 1 aliphatic heterocycles. The van der Waals surface area contributed by atoms with Crippen LogP contribution in [0.3, 0.4) is 0 Å². The van der Waals surface area contributed by atoms with E-state index in [-0.39, 0.29) is 21.8 Å². The quantitative estimate of drug-likeness (QED) is 0.373. The smallest absolute Gasteiger partial charge is 0.295 e. The van der Waals surface area contributed by atoms with Crippen molar-refractivity contribution in [1.29, 1.82) is 0 Å². The van der Waals surface area contributed by atoms with E-state index < -0.39 is 16.1 Å². The van der Waals surface area contributed by atoms with E-state index >= 15 is 0 Å². The summed E-state index contributed by atoms with van der Waals surface area (Å²) in [5.74, 6) is -0.553. The van der Waals surface area contributed by atoms with Crippen LogP contribution >= 0.6 is 11.8 Å². The van der Waals surface area contributed by atoms with Crippen molar-refractivity contribution in [2.75, 3.05) is 4.90 Å². The third-order valence-electron chi connectivity index (χ3n) is 4.71. The Hall–Kier alpha value is -3.66. The number of hydrogen-bond acceptors (Lipinski definition) is 6. The molecule has 4 rings (SSSR count). The number of carbonyl (C=O) groups excluding carboxylic acids is 2. The number of para-hydroxylation sites is 1. The molecule has 29 heavy (non-hydrogen) atoms. The van der Waals surface area contributed by atoms with Gasteiger partial charge in [-0.2, -0.15) is 0 Å². The molecule has 0 atom stereocenters. The average Bonchev–Trinajstić information content (AvgIpc) is 3.09. The zero-order chi connectivity index (χ0) is 20.9. The topological polar surface area (TPSA) is 107 Å². The second-order valence-electron chi connectivity index (χ2n) is 6.41. The summed E-state index contributed by atoms with van der Waals surface area (Å²) in [5.41, 5.74) is 0.868. The molecule has 1 saturated heterocycles. The molecule has 1 aromatic heterocycles. The van der Waals surface area contributed by atoms with Crippen molar-refractivity contribution in [2.45, 2.75) is 0 Å². The van der Waals surface area contributed by atoms with E-state index in [0.717, 1.165) is 4.90 Å². The van der Waals surface area contributed by atoms with E-state index in [9.17, 15) is 24.5 Å². The predicted octanol–water partition coefficient (Wildman–Crippen LogP) is 3.03. The Balaban J connectivity index is 1.86. The monoisotopic (exact) mass is 410 g/mol. The zero-order valence-electron chi connectivity index (χ0n) is 15.4. The number of aromatic nitrogens is 2. The van der Waals surface area contributed by atoms with Crippen molar-refractivity contribution < 1.29 is 14.5 Å². The highest BCUT2D eigenvalue weighted by atomic mass is 32.2. The van der Waals surface area contributed by atoms with Gasteiger partial charge in [-0.05, 0) is 36.0 Å². The number of amides is 2. The SMILES string of the molecule is Cn1c(=O)n(C)c2cc([N+](=O)[O-])c(/C=C3/SC(=O)N(c4ccccc4)C3=O)cc21. The number of carbonyl (C=O) groups is 2. The van der Waals surface area contributed by atoms with Crippen molar-refractivity contribution >= 4 is 51.4 Å². The lowest BCUT2D eigenvalue weighted by atomic mass is 10.1. The molecule has 0 spiro atoms. The van der Waals surface area contributed by atoms with Gasteiger partial charge in [0.1, 0.15) is 0 Å². The minimum atomic E-state index is -0.579. The summed E-state index contributed by atoms with van der Waals surface area (Å²) in [6, 6.07) is 11.2. The Kier molecular flexibility index (Phi) is 4.35. The minimum Gasteiger partial charge on any atom is -0.295 e. The lowest BCUT2D eigenvalue weighted by molar-refractivity contribution is -0.385. The van der Waals surface area contributed by atoms with E-state index in [2.05, 4.69) is 0 Å². The van der Waals surface area contributed by atoms with Gasteiger partial charge in [0, 0.05) is 20.2 Å². The average molecular weight is 410 g/mol. The molecule has 2 aromatic carbocycles. The fourth-order valence-corrected chi connectivity index (χ4v) is 4.06. The normalized spacial score (nSPS) is 15.7. The van der Waals surface area contributed by atoms with E-state index in [4.69, 9.17) is 0 Å². The van der Waals surface area contributed by atoms with Crippen molar-refractivity contribution in [3.05, 3.63) is 73.5 Å². The van der Waals surface area contributed by atoms with Gasteiger partial charge in [0.2, 0.25) is 0 Å². The Morgan fingerprint density at radius 3 is 2.24 bits per heavy atom. The first kappa shape index (κ1) is 18.7. The predicted molar refractivity (Wildman–Crippen MR) is 110 cm³/mol. The van der Waals surface area contributed by atoms with Crippen LogP contribution in [0.2, 0.25) is 0 Å². The zero-order valence-corrected chi connectivity index (χ0v) is 16.2. The molecular weight excluding hydrogens is 396 g/mol. The molecular formula is C19H14N4O5S. The number of hydrogen-bond donors (Lipinski definition) is 0. The maximum atomic E-state index is 12.8. The van der Waals surface area contributed by atoms with E-state index in [1.165, 1.54) is 34.4 Å². The number of rotatable bonds is 3. The maximum Gasteiger partial charge on any atom is 0.328 e. The highest BCUT2D eigenvalue weighted by molar-refractivity contribution is 8.19. The van der Waals surface area contributed by atoms with Gasteiger partial charge in [-0.1, -0.05) is 18.2 Å². The first-order valence-electron chi connectivity index (χ1n) is 8.46. The molecule has 0 N–H and O–H groups in total. The number of imide groups is 1. The number of nitro groups is 1. The molecule has 0 saturated carbocycles. The van der Waals surface area contributed by atoms with Gasteiger partial charge in [-0.15, -0.1) is 0 Å². The Morgan fingerprint density at radius 1 is 1.00 bits per heavy atom. The molecule has 1 fully saturated rings. The Morgan fingerprint density at radius 2 is 1.62 bits per heavy atom. The molecule has 0 radical (unpaired) electrons. The van der Waals surface area contributed by atoms with Gasteiger partial charge >= 0.3 is 5.69 Å². The van der Waals surface area contributed by atoms with Crippen LogP contribution in [0.5, 0.6) is 0 Å². The van der Waals surface area contributed by atoms with Gasteiger partial charge in [0.15, 0.2) is 0 Å². The highest BCUT2D eigenvalue weighted by Gasteiger charge is 2.36. The van der Waals surface area contributed by atoms with E-state index in [1.807, 2.05) is 0 Å². The van der Waals surface area contributed by atoms with Gasteiger partial charge in [0.05, 0.1) is 32.1 Å². The summed E-state index contributed by atoms with van der Waals surface area (Å²) in [7, 11) is 3.09. The molecule has 0 unspecified atom stereocenters. The third-order valence-corrected chi connectivity index (χ3v) is 5.58. The second kappa shape index (κ2) is 6.74. The Labute approximate surface area is 168 Å². The molecule has 146 valence electrons. The second-order valence-corrected chi connectivity index (χ2v) is 7.40. The molecule has 0 aliphatic carbocycles. The fourth-order valence-electron chi connectivity index (χ4n) is 3.23. The number of imidazole rings is 1. The minimum absolute atomic E-state index is 0.0715. The summed E-state index contributed by atoms with van der Waals surface area (Å²) >= 11 is 0.712. The van der Waals surface area contributed by atoms with Crippen LogP contribution in [-0.4, -0.2) is 25.2 Å². The number of benzene rings is 2. The number of nitro benzene ring substituents is 1. The lowest BCUT2D eigenvalue weighted by Gasteiger charge is -2.11. The number of aryl methyl sites for hydroxylation is 2. The first-order chi connectivity index (χ1) is 13.8. The van der Waals surface area contributed by atoms with Crippen molar-refractivity contribution in [1.82, 2.24) is 9.13 Å². The van der Waals surface area contributed by atoms with Crippen LogP contribution in [0.4, 0.5) is 16.2 Å². The van der Waals surface area contributed by atoms with Crippen LogP contribution < -0.4 is 10.6 Å². The van der Waals surface area contributed by atoms with Crippen LogP contribution in [0.25, 0.3) is 17.1 Å². The van der Waals surface area contributed by atoms with Crippen LogP contribution in [0, 0.1) is 10.1 Å². The summed E-state index contributed by atoms with van der Waals surface area (Å²) in [4.78, 5) is 49.4. The fraction of sp³-hybridized carbons (Fsp3) is 0.105. The number of nitrogens with zero attached hydrogens (tertiary/aromatic N) is 4. The molecule has 10 heteroatoms. The third kappa shape index (κ3) is 2.93. The molecule has 1 aliphatic rings. The van der Waals surface area contributed by atoms with Gasteiger partial charge in [-0.25, -0.2) is 9.69 Å². The summed E-state index contributed by atoms with van der Waals surface area (Å²) in [6.45, 7) is 0. The van der Waals surface area contributed by atoms with Crippen molar-refractivity contribution in [3.8, 4) is 0 Å². The molecule has 2 heterocycles. The number of thioether (sulfide) groups is 1. The van der Waals surface area contributed by atoms with Crippen molar-refractivity contribution in [2.24, 2.45) is 14.1 Å². The summed E-state index contributed by atoms with van der Waals surface area (Å²) in [5, 5.41) is 11.1. The first-order valence-corrected chi connectivity index (χ1v) is 9.28. The summed E-state index contributed by atoms with van der Waals surface area (Å²) < 4.78 is 2.68. The van der Waals surface area contributed by atoms with Gasteiger partial charge in [0.25, 0.3) is 16.8 Å². The molecule has 9 nitrogen and oxygen atoms in total. The highest BCUT2D eigenvalue weighted by Crippen LogP contribution is 2.37. The standard InChI is InChI=1S/C19H14N4O5S/c1-20-14-8-11(13(23(27)28)10-15(14)21(2)18(20)25)9-16-17(24)22(19(26)29-16)12-6-4-3-5-7-12/h3-10H,1-2H3/b16-9+. The van der Waals surface area contributed by atoms with Crippen LogP contribution in [0.15, 0.2) is 52.2 Å². The Bertz CT molecular complexity index is 1290. The van der Waals surface area contributed by atoms with Crippen molar-refractivity contribution in [3.63, 3.8) is 0 Å². The van der Waals surface area contributed by atoms with Gasteiger partial charge < -0.3 is 0 Å². The summed E-state index contributed by atoms with van der Waals surface area (Å²) in [6.07, 6.45) is 1.32. The molecule has 3 aromatic rings. The van der Waals surface area contributed by atoms with Crippen LogP contribution in [-0.2, 0) is 18.9 Å². The molecule has 0 bridgehead atoms. The largest absolute Gasteiger partial charge is 0.328 e. The van der Waals surface area contributed by atoms with E-state index in [1.54, 1.807) is 37.4 Å².